The summed E-state index contributed by atoms with van der Waals surface area (Å²) in [6, 6.07) is 6.31. The maximum absolute atomic E-state index is 12.6. The lowest BCUT2D eigenvalue weighted by Gasteiger charge is -2.33. The minimum Gasteiger partial charge on any atom is -0.482 e. The SMILES string of the molecule is CCN(CC)c1ccc2c(c1)OC(C1CC3C=CC1C3)C(=O)C2. The highest BCUT2D eigenvalue weighted by Gasteiger charge is 2.45. The number of hydrogen-bond acceptors (Lipinski definition) is 3. The molecule has 1 aromatic carbocycles. The Morgan fingerprint density at radius 3 is 2.65 bits per heavy atom. The number of Topliss-reactive ketones (excluding diaryl/α,β-unsaturated/α-hetero) is 1. The maximum atomic E-state index is 12.6. The van der Waals surface area contributed by atoms with Crippen LogP contribution in [0, 0.1) is 17.8 Å². The van der Waals surface area contributed by atoms with Gasteiger partial charge in [0, 0.05) is 42.7 Å². The van der Waals surface area contributed by atoms with Crippen LogP contribution in [-0.2, 0) is 11.2 Å². The van der Waals surface area contributed by atoms with Crippen LogP contribution >= 0.6 is 0 Å². The van der Waals surface area contributed by atoms with E-state index >= 15 is 0 Å². The number of anilines is 1. The molecule has 4 unspecified atom stereocenters. The lowest BCUT2D eigenvalue weighted by molar-refractivity contribution is -0.129. The highest BCUT2D eigenvalue weighted by molar-refractivity contribution is 5.88. The zero-order chi connectivity index (χ0) is 16.0. The third-order valence-corrected chi connectivity index (χ3v) is 5.83. The average molecular weight is 311 g/mol. The molecule has 1 saturated carbocycles. The molecule has 1 fully saturated rings. The van der Waals surface area contributed by atoms with Gasteiger partial charge in [0.2, 0.25) is 0 Å². The van der Waals surface area contributed by atoms with Crippen LogP contribution in [0.4, 0.5) is 5.69 Å². The lowest BCUT2D eigenvalue weighted by Crippen LogP contribution is -2.41. The van der Waals surface area contributed by atoms with Crippen LogP contribution in [0.25, 0.3) is 0 Å². The van der Waals surface area contributed by atoms with Crippen molar-refractivity contribution >= 4 is 11.5 Å². The van der Waals surface area contributed by atoms with Crippen LogP contribution in [0.5, 0.6) is 5.75 Å². The van der Waals surface area contributed by atoms with E-state index in [9.17, 15) is 4.79 Å². The van der Waals surface area contributed by atoms with Gasteiger partial charge in [0.1, 0.15) is 5.75 Å². The van der Waals surface area contributed by atoms with E-state index in [4.69, 9.17) is 4.74 Å². The summed E-state index contributed by atoms with van der Waals surface area (Å²) in [4.78, 5) is 14.9. The van der Waals surface area contributed by atoms with Crippen molar-refractivity contribution in [3.8, 4) is 5.75 Å². The number of hydrogen-bond donors (Lipinski definition) is 0. The Morgan fingerprint density at radius 1 is 1.17 bits per heavy atom. The maximum Gasteiger partial charge on any atom is 0.178 e. The van der Waals surface area contributed by atoms with E-state index in [0.29, 0.717) is 24.2 Å². The second kappa shape index (κ2) is 5.70. The monoisotopic (exact) mass is 311 g/mol. The van der Waals surface area contributed by atoms with Crippen LogP contribution in [0.1, 0.15) is 32.3 Å². The van der Waals surface area contributed by atoms with Gasteiger partial charge in [-0.15, -0.1) is 0 Å². The normalized spacial score (nSPS) is 31.1. The number of benzene rings is 1. The van der Waals surface area contributed by atoms with Crippen molar-refractivity contribution in [2.75, 3.05) is 18.0 Å². The fourth-order valence-electron chi connectivity index (χ4n) is 4.57. The molecule has 122 valence electrons. The van der Waals surface area contributed by atoms with Gasteiger partial charge in [-0.1, -0.05) is 18.2 Å². The Labute approximate surface area is 138 Å². The van der Waals surface area contributed by atoms with E-state index in [1.54, 1.807) is 0 Å². The first-order valence-corrected chi connectivity index (χ1v) is 8.95. The van der Waals surface area contributed by atoms with Crippen molar-refractivity contribution in [1.82, 2.24) is 0 Å². The number of ether oxygens (including phenoxy) is 1. The van der Waals surface area contributed by atoms with Crippen LogP contribution in [0.2, 0.25) is 0 Å². The molecule has 0 aromatic heterocycles. The molecule has 0 amide bonds. The molecule has 3 heteroatoms. The van der Waals surface area contributed by atoms with Gasteiger partial charge in [-0.2, -0.15) is 0 Å². The third-order valence-electron chi connectivity index (χ3n) is 5.83. The van der Waals surface area contributed by atoms with Crippen molar-refractivity contribution in [3.63, 3.8) is 0 Å². The van der Waals surface area contributed by atoms with Crippen molar-refractivity contribution in [2.24, 2.45) is 17.8 Å². The van der Waals surface area contributed by atoms with Gasteiger partial charge >= 0.3 is 0 Å². The molecule has 23 heavy (non-hydrogen) atoms. The summed E-state index contributed by atoms with van der Waals surface area (Å²) < 4.78 is 6.25. The Hall–Kier alpha value is -1.77. The summed E-state index contributed by atoms with van der Waals surface area (Å²) >= 11 is 0. The first kappa shape index (κ1) is 14.8. The molecular weight excluding hydrogens is 286 g/mol. The first-order chi connectivity index (χ1) is 11.2. The van der Waals surface area contributed by atoms with Gasteiger partial charge in [0.25, 0.3) is 0 Å². The van der Waals surface area contributed by atoms with Crippen molar-refractivity contribution < 1.29 is 9.53 Å². The lowest BCUT2D eigenvalue weighted by atomic mass is 9.83. The zero-order valence-electron chi connectivity index (χ0n) is 14.0. The summed E-state index contributed by atoms with van der Waals surface area (Å²) in [6.07, 6.45) is 7.23. The fraction of sp³-hybridized carbons (Fsp3) is 0.550. The fourth-order valence-corrected chi connectivity index (χ4v) is 4.57. The second-order valence-electron chi connectivity index (χ2n) is 7.09. The van der Waals surface area contributed by atoms with E-state index in [1.165, 1.54) is 12.1 Å². The minimum atomic E-state index is -0.241. The molecule has 2 bridgehead atoms. The van der Waals surface area contributed by atoms with Gasteiger partial charge < -0.3 is 9.64 Å². The quantitative estimate of drug-likeness (QED) is 0.796. The molecule has 1 heterocycles. The molecule has 4 rings (SSSR count). The summed E-state index contributed by atoms with van der Waals surface area (Å²) in [6.45, 7) is 6.29. The van der Waals surface area contributed by atoms with Gasteiger partial charge in [-0.05, 0) is 44.6 Å². The van der Waals surface area contributed by atoms with E-state index in [-0.39, 0.29) is 11.9 Å². The van der Waals surface area contributed by atoms with E-state index in [1.807, 2.05) is 0 Å². The first-order valence-electron chi connectivity index (χ1n) is 8.95. The van der Waals surface area contributed by atoms with Gasteiger partial charge in [-0.25, -0.2) is 0 Å². The number of carbonyl (C=O) groups is 1. The third kappa shape index (κ3) is 2.46. The highest BCUT2D eigenvalue weighted by Crippen LogP contribution is 2.47. The Kier molecular flexibility index (Phi) is 3.67. The van der Waals surface area contributed by atoms with Crippen LogP contribution < -0.4 is 9.64 Å². The molecule has 3 aliphatic rings. The molecular formula is C20H25NO2. The Balaban J connectivity index is 1.60. The zero-order valence-corrected chi connectivity index (χ0v) is 14.0. The summed E-state index contributed by atoms with van der Waals surface area (Å²) in [5.74, 6) is 2.78. The van der Waals surface area contributed by atoms with Crippen LogP contribution in [0.15, 0.2) is 30.4 Å². The number of ketones is 1. The minimum absolute atomic E-state index is 0.241. The molecule has 0 saturated heterocycles. The highest BCUT2D eigenvalue weighted by atomic mass is 16.5. The molecule has 3 nitrogen and oxygen atoms in total. The average Bonchev–Trinajstić information content (AvgIpc) is 3.18. The molecule has 0 N–H and O–H groups in total. The number of nitrogens with zero attached hydrogens (tertiary/aromatic N) is 1. The number of carbonyl (C=O) groups excluding carboxylic acids is 1. The van der Waals surface area contributed by atoms with Crippen molar-refractivity contribution in [3.05, 3.63) is 35.9 Å². The van der Waals surface area contributed by atoms with Gasteiger partial charge in [-0.3, -0.25) is 4.79 Å². The standard InChI is InChI=1S/C20H25NO2/c1-3-21(4-2)16-8-7-15-11-18(22)20(23-19(15)12-16)17-10-13-5-6-14(17)9-13/h5-8,12-14,17,20H,3-4,9-11H2,1-2H3. The predicted molar refractivity (Wildman–Crippen MR) is 92.0 cm³/mol. The van der Waals surface area contributed by atoms with E-state index in [2.05, 4.69) is 49.1 Å². The molecule has 0 spiro atoms. The number of rotatable bonds is 4. The predicted octanol–water partition coefficient (Wildman–Crippen LogP) is 3.62. The van der Waals surface area contributed by atoms with Crippen molar-refractivity contribution in [2.45, 2.75) is 39.2 Å². The summed E-state index contributed by atoms with van der Waals surface area (Å²) in [5.41, 5.74) is 2.23. The number of allylic oxidation sites excluding steroid dienone is 2. The number of fused-ring (bicyclic) bond motifs is 3. The second-order valence-corrected chi connectivity index (χ2v) is 7.09. The molecule has 4 atom stereocenters. The topological polar surface area (TPSA) is 29.5 Å². The Morgan fingerprint density at radius 2 is 2.00 bits per heavy atom. The van der Waals surface area contributed by atoms with Crippen LogP contribution in [-0.4, -0.2) is 25.0 Å². The van der Waals surface area contributed by atoms with Crippen molar-refractivity contribution in [1.29, 1.82) is 0 Å². The van der Waals surface area contributed by atoms with Gasteiger partial charge in [0.15, 0.2) is 11.9 Å². The van der Waals surface area contributed by atoms with Gasteiger partial charge in [0.05, 0.1) is 0 Å². The molecule has 1 aromatic rings. The summed E-state index contributed by atoms with van der Waals surface area (Å²) in [5, 5.41) is 0. The van der Waals surface area contributed by atoms with E-state index in [0.717, 1.165) is 30.8 Å². The largest absolute Gasteiger partial charge is 0.482 e. The van der Waals surface area contributed by atoms with E-state index < -0.39 is 0 Å². The van der Waals surface area contributed by atoms with Crippen LogP contribution in [0.3, 0.4) is 0 Å². The smallest absolute Gasteiger partial charge is 0.178 e. The molecule has 1 aliphatic heterocycles. The molecule has 2 aliphatic carbocycles. The Bertz CT molecular complexity index is 647. The molecule has 0 radical (unpaired) electrons. The summed E-state index contributed by atoms with van der Waals surface area (Å²) in [7, 11) is 0.